The smallest absolute Gasteiger partial charge is 0.160 e. The summed E-state index contributed by atoms with van der Waals surface area (Å²) in [5.74, 6) is 0.481. The molecule has 0 aliphatic heterocycles. The first-order chi connectivity index (χ1) is 8.56. The number of ether oxygens (including phenoxy) is 1. The Kier molecular flexibility index (Phi) is 5.91. The van der Waals surface area contributed by atoms with E-state index in [2.05, 4.69) is 0 Å². The van der Waals surface area contributed by atoms with Crippen LogP contribution in [0.25, 0.3) is 0 Å². The van der Waals surface area contributed by atoms with E-state index >= 15 is 0 Å². The summed E-state index contributed by atoms with van der Waals surface area (Å²) in [6.45, 7) is -0.347. The summed E-state index contributed by atoms with van der Waals surface area (Å²) in [6, 6.07) is 5.07. The molecule has 0 bridgehead atoms. The summed E-state index contributed by atoms with van der Waals surface area (Å²) in [7, 11) is 1.48. The molecule has 0 spiro atoms. The summed E-state index contributed by atoms with van der Waals surface area (Å²) in [6.07, 6.45) is -0.362. The maximum atomic E-state index is 9.62. The van der Waals surface area contributed by atoms with Gasteiger partial charge in [-0.3, -0.25) is 0 Å². The molecule has 1 aromatic rings. The first-order valence-electron chi connectivity index (χ1n) is 5.89. The number of aryl methyl sites for hydroxylation is 1. The van der Waals surface area contributed by atoms with Gasteiger partial charge in [-0.2, -0.15) is 0 Å². The number of hydrogen-bond donors (Lipinski definition) is 4. The van der Waals surface area contributed by atoms with Crippen LogP contribution in [0.5, 0.6) is 11.5 Å². The molecule has 0 saturated heterocycles. The largest absolute Gasteiger partial charge is 0.504 e. The predicted octanol–water partition coefficient (Wildman–Crippen LogP) is 0.438. The van der Waals surface area contributed by atoms with Crippen LogP contribution in [0.3, 0.4) is 0 Å². The molecule has 2 atom stereocenters. The number of hydrogen-bond acceptors (Lipinski definition) is 5. The van der Waals surface area contributed by atoms with E-state index in [1.807, 2.05) is 6.07 Å². The lowest BCUT2D eigenvalue weighted by atomic mass is 10.0. The minimum absolute atomic E-state index is 0.0693. The third kappa shape index (κ3) is 4.52. The lowest BCUT2D eigenvalue weighted by Gasteiger charge is -2.14. The second-order valence-corrected chi connectivity index (χ2v) is 4.27. The zero-order valence-corrected chi connectivity index (χ0v) is 10.4. The van der Waals surface area contributed by atoms with Crippen molar-refractivity contribution < 1.29 is 25.2 Å². The van der Waals surface area contributed by atoms with E-state index in [0.29, 0.717) is 18.6 Å². The average molecular weight is 256 g/mol. The van der Waals surface area contributed by atoms with Crippen LogP contribution in [-0.2, 0) is 6.42 Å². The van der Waals surface area contributed by atoms with E-state index in [1.165, 1.54) is 7.11 Å². The van der Waals surface area contributed by atoms with Gasteiger partial charge in [-0.25, -0.2) is 0 Å². The molecular weight excluding hydrogens is 236 g/mol. The topological polar surface area (TPSA) is 90.2 Å². The Balaban J connectivity index is 2.46. The van der Waals surface area contributed by atoms with Gasteiger partial charge >= 0.3 is 0 Å². The zero-order chi connectivity index (χ0) is 13.5. The summed E-state index contributed by atoms with van der Waals surface area (Å²) < 4.78 is 4.93. The van der Waals surface area contributed by atoms with Gasteiger partial charge in [0.15, 0.2) is 11.5 Å². The fourth-order valence-corrected chi connectivity index (χ4v) is 1.73. The van der Waals surface area contributed by atoms with Crippen LogP contribution >= 0.6 is 0 Å². The molecule has 0 aliphatic carbocycles. The molecule has 18 heavy (non-hydrogen) atoms. The zero-order valence-electron chi connectivity index (χ0n) is 10.4. The standard InChI is InChI=1S/C13H20O5/c1-18-13-5-3-9(6-12(13)17)2-4-10(15)7-11(16)8-14/h3,5-6,10-11,14-17H,2,4,7-8H2,1H3/t10-,11+/m0/s1. The van der Waals surface area contributed by atoms with E-state index < -0.39 is 12.2 Å². The number of phenolic OH excluding ortho intramolecular Hbond substituents is 1. The Labute approximate surface area is 106 Å². The molecule has 1 rings (SSSR count). The second-order valence-electron chi connectivity index (χ2n) is 4.27. The fourth-order valence-electron chi connectivity index (χ4n) is 1.73. The average Bonchev–Trinajstić information content (AvgIpc) is 2.36. The number of rotatable bonds is 7. The van der Waals surface area contributed by atoms with E-state index in [1.54, 1.807) is 12.1 Å². The quantitative estimate of drug-likeness (QED) is 0.568. The first kappa shape index (κ1) is 14.8. The first-order valence-corrected chi connectivity index (χ1v) is 5.89. The Bertz CT molecular complexity index is 366. The maximum absolute atomic E-state index is 9.62. The second kappa shape index (κ2) is 7.20. The Hall–Kier alpha value is -1.30. The van der Waals surface area contributed by atoms with E-state index in [4.69, 9.17) is 9.84 Å². The molecular formula is C13H20O5. The molecule has 0 amide bonds. The van der Waals surface area contributed by atoms with Crippen molar-refractivity contribution in [1.29, 1.82) is 0 Å². The molecule has 0 unspecified atom stereocenters. The highest BCUT2D eigenvalue weighted by atomic mass is 16.5. The van der Waals surface area contributed by atoms with Crippen molar-refractivity contribution >= 4 is 0 Å². The van der Waals surface area contributed by atoms with Gasteiger partial charge in [0.25, 0.3) is 0 Å². The highest BCUT2D eigenvalue weighted by molar-refractivity contribution is 5.41. The number of phenols is 1. The molecule has 5 nitrogen and oxygen atoms in total. The molecule has 4 N–H and O–H groups in total. The van der Waals surface area contributed by atoms with Crippen molar-refractivity contribution in [3.63, 3.8) is 0 Å². The van der Waals surface area contributed by atoms with Crippen molar-refractivity contribution in [2.45, 2.75) is 31.5 Å². The van der Waals surface area contributed by atoms with Gasteiger partial charge in [-0.15, -0.1) is 0 Å². The van der Waals surface area contributed by atoms with Crippen LogP contribution < -0.4 is 4.74 Å². The minimum Gasteiger partial charge on any atom is -0.504 e. The van der Waals surface area contributed by atoms with Crippen LogP contribution in [-0.4, -0.2) is 46.4 Å². The van der Waals surface area contributed by atoms with E-state index in [-0.39, 0.29) is 18.8 Å². The summed E-state index contributed by atoms with van der Waals surface area (Å²) in [4.78, 5) is 0. The number of aliphatic hydroxyl groups is 3. The van der Waals surface area contributed by atoms with E-state index in [0.717, 1.165) is 5.56 Å². The normalized spacial score (nSPS) is 14.2. The maximum Gasteiger partial charge on any atom is 0.160 e. The lowest BCUT2D eigenvalue weighted by molar-refractivity contribution is 0.0390. The Morgan fingerprint density at radius 2 is 1.94 bits per heavy atom. The highest BCUT2D eigenvalue weighted by Gasteiger charge is 2.11. The number of benzene rings is 1. The number of methoxy groups -OCH3 is 1. The SMILES string of the molecule is COc1ccc(CC[C@H](O)C[C@@H](O)CO)cc1O. The van der Waals surface area contributed by atoms with Crippen molar-refractivity contribution in [3.8, 4) is 11.5 Å². The molecule has 0 aliphatic rings. The fraction of sp³-hybridized carbons (Fsp3) is 0.538. The van der Waals surface area contributed by atoms with Crippen LogP contribution in [0.2, 0.25) is 0 Å². The molecule has 0 saturated carbocycles. The molecule has 0 aromatic heterocycles. The van der Waals surface area contributed by atoms with Gasteiger partial charge in [0.2, 0.25) is 0 Å². The molecule has 0 fully saturated rings. The summed E-state index contributed by atoms with van der Waals surface area (Å²) in [5.41, 5.74) is 0.880. The van der Waals surface area contributed by atoms with Crippen LogP contribution in [0.1, 0.15) is 18.4 Å². The Morgan fingerprint density at radius 1 is 1.22 bits per heavy atom. The van der Waals surface area contributed by atoms with Crippen LogP contribution in [0, 0.1) is 0 Å². The van der Waals surface area contributed by atoms with E-state index in [9.17, 15) is 15.3 Å². The lowest BCUT2D eigenvalue weighted by Crippen LogP contribution is -2.21. The monoisotopic (exact) mass is 256 g/mol. The third-order valence-corrected chi connectivity index (χ3v) is 2.76. The highest BCUT2D eigenvalue weighted by Crippen LogP contribution is 2.26. The van der Waals surface area contributed by atoms with Crippen molar-refractivity contribution in [3.05, 3.63) is 23.8 Å². The number of aromatic hydroxyl groups is 1. The van der Waals surface area contributed by atoms with Gasteiger partial charge in [0.1, 0.15) is 0 Å². The summed E-state index contributed by atoms with van der Waals surface area (Å²) >= 11 is 0. The van der Waals surface area contributed by atoms with Gasteiger partial charge in [0.05, 0.1) is 25.9 Å². The predicted molar refractivity (Wildman–Crippen MR) is 66.7 cm³/mol. The van der Waals surface area contributed by atoms with Crippen molar-refractivity contribution in [2.75, 3.05) is 13.7 Å². The summed E-state index contributed by atoms with van der Waals surface area (Å²) in [5, 5.41) is 37.0. The van der Waals surface area contributed by atoms with Crippen LogP contribution in [0.15, 0.2) is 18.2 Å². The van der Waals surface area contributed by atoms with Gasteiger partial charge < -0.3 is 25.2 Å². The van der Waals surface area contributed by atoms with Gasteiger partial charge in [0, 0.05) is 6.42 Å². The number of aliphatic hydroxyl groups excluding tert-OH is 3. The van der Waals surface area contributed by atoms with Crippen LogP contribution in [0.4, 0.5) is 0 Å². The Morgan fingerprint density at radius 3 is 2.50 bits per heavy atom. The molecule has 0 radical (unpaired) electrons. The molecule has 1 aromatic carbocycles. The molecule has 5 heteroatoms. The van der Waals surface area contributed by atoms with Crippen molar-refractivity contribution in [1.82, 2.24) is 0 Å². The molecule has 0 heterocycles. The minimum atomic E-state index is -0.885. The van der Waals surface area contributed by atoms with Gasteiger partial charge in [-0.05, 0) is 30.5 Å². The van der Waals surface area contributed by atoms with Crippen molar-refractivity contribution in [2.24, 2.45) is 0 Å². The van der Waals surface area contributed by atoms with Gasteiger partial charge in [-0.1, -0.05) is 6.07 Å². The third-order valence-electron chi connectivity index (χ3n) is 2.76. The molecule has 102 valence electrons.